The minimum atomic E-state index is 0.0458. The Morgan fingerprint density at radius 3 is 2.35 bits per heavy atom. The second-order valence-electron chi connectivity index (χ2n) is 4.79. The number of amides is 1. The Balaban J connectivity index is 2.59. The fraction of sp³-hybridized carbons (Fsp3) is 0.562. The third-order valence-corrected chi connectivity index (χ3v) is 3.42. The summed E-state index contributed by atoms with van der Waals surface area (Å²) in [4.78, 5) is 14.0. The highest BCUT2D eigenvalue weighted by Gasteiger charge is 2.07. The quantitative estimate of drug-likeness (QED) is 0.723. The molecule has 0 fully saturated rings. The van der Waals surface area contributed by atoms with Crippen LogP contribution in [0.4, 0.5) is 0 Å². The van der Waals surface area contributed by atoms with Crippen molar-refractivity contribution in [3.05, 3.63) is 35.4 Å². The van der Waals surface area contributed by atoms with Gasteiger partial charge in [0.05, 0.1) is 6.54 Å². The fourth-order valence-corrected chi connectivity index (χ4v) is 2.07. The topological polar surface area (TPSA) is 44.4 Å². The van der Waals surface area contributed by atoms with E-state index in [0.29, 0.717) is 13.1 Å². The SMILES string of the molecule is CCNCC(=O)NCc1ccccc1CN(CC)CC. The summed E-state index contributed by atoms with van der Waals surface area (Å²) in [5.74, 6) is 0.0458. The molecule has 4 heteroatoms. The third-order valence-electron chi connectivity index (χ3n) is 3.42. The van der Waals surface area contributed by atoms with Gasteiger partial charge in [0, 0.05) is 13.1 Å². The first-order valence-electron chi connectivity index (χ1n) is 7.47. The molecule has 1 amide bonds. The van der Waals surface area contributed by atoms with Gasteiger partial charge in [-0.05, 0) is 30.8 Å². The van der Waals surface area contributed by atoms with E-state index >= 15 is 0 Å². The molecule has 0 unspecified atom stereocenters. The maximum absolute atomic E-state index is 11.6. The van der Waals surface area contributed by atoms with Crippen molar-refractivity contribution < 1.29 is 4.79 Å². The van der Waals surface area contributed by atoms with Crippen molar-refractivity contribution in [2.75, 3.05) is 26.2 Å². The Labute approximate surface area is 122 Å². The molecule has 0 heterocycles. The molecule has 0 aliphatic carbocycles. The number of benzene rings is 1. The van der Waals surface area contributed by atoms with Gasteiger partial charge in [0.25, 0.3) is 0 Å². The lowest BCUT2D eigenvalue weighted by Crippen LogP contribution is -2.33. The second kappa shape index (κ2) is 9.50. The van der Waals surface area contributed by atoms with Crippen LogP contribution in [0.1, 0.15) is 31.9 Å². The monoisotopic (exact) mass is 277 g/mol. The van der Waals surface area contributed by atoms with Crippen LogP contribution in [0.15, 0.2) is 24.3 Å². The minimum absolute atomic E-state index is 0.0458. The lowest BCUT2D eigenvalue weighted by molar-refractivity contribution is -0.120. The van der Waals surface area contributed by atoms with Gasteiger partial charge in [0.2, 0.25) is 5.91 Å². The minimum Gasteiger partial charge on any atom is -0.351 e. The molecule has 0 radical (unpaired) electrons. The van der Waals surface area contributed by atoms with Gasteiger partial charge in [-0.25, -0.2) is 0 Å². The highest BCUT2D eigenvalue weighted by atomic mass is 16.1. The van der Waals surface area contributed by atoms with Crippen molar-refractivity contribution in [2.24, 2.45) is 0 Å². The van der Waals surface area contributed by atoms with E-state index in [4.69, 9.17) is 0 Å². The largest absolute Gasteiger partial charge is 0.351 e. The first-order chi connectivity index (χ1) is 9.71. The lowest BCUT2D eigenvalue weighted by Gasteiger charge is -2.20. The van der Waals surface area contributed by atoms with E-state index < -0.39 is 0 Å². The van der Waals surface area contributed by atoms with Crippen LogP contribution in [0.25, 0.3) is 0 Å². The Kier molecular flexibility index (Phi) is 7.92. The molecule has 0 spiro atoms. The summed E-state index contributed by atoms with van der Waals surface area (Å²) in [6, 6.07) is 8.32. The van der Waals surface area contributed by atoms with Crippen LogP contribution in [0.5, 0.6) is 0 Å². The van der Waals surface area contributed by atoms with Gasteiger partial charge in [0.15, 0.2) is 0 Å². The summed E-state index contributed by atoms with van der Waals surface area (Å²) >= 11 is 0. The maximum atomic E-state index is 11.6. The maximum Gasteiger partial charge on any atom is 0.234 e. The van der Waals surface area contributed by atoms with E-state index in [9.17, 15) is 4.79 Å². The van der Waals surface area contributed by atoms with Crippen molar-refractivity contribution >= 4 is 5.91 Å². The number of rotatable bonds is 9. The van der Waals surface area contributed by atoms with Crippen LogP contribution in [0, 0.1) is 0 Å². The molecule has 20 heavy (non-hydrogen) atoms. The number of hydrogen-bond acceptors (Lipinski definition) is 3. The van der Waals surface area contributed by atoms with E-state index in [-0.39, 0.29) is 5.91 Å². The number of carbonyl (C=O) groups excluding carboxylic acids is 1. The van der Waals surface area contributed by atoms with Gasteiger partial charge < -0.3 is 10.6 Å². The molecule has 0 atom stereocenters. The molecular weight excluding hydrogens is 250 g/mol. The van der Waals surface area contributed by atoms with Gasteiger partial charge in [-0.3, -0.25) is 9.69 Å². The molecule has 2 N–H and O–H groups in total. The number of likely N-dealkylation sites (N-methyl/N-ethyl adjacent to an activating group) is 1. The van der Waals surface area contributed by atoms with Crippen LogP contribution in [-0.4, -0.2) is 37.0 Å². The van der Waals surface area contributed by atoms with Crippen molar-refractivity contribution in [1.82, 2.24) is 15.5 Å². The van der Waals surface area contributed by atoms with Gasteiger partial charge in [-0.1, -0.05) is 45.0 Å². The molecule has 0 saturated carbocycles. The molecular formula is C16H27N3O. The fourth-order valence-electron chi connectivity index (χ4n) is 2.07. The van der Waals surface area contributed by atoms with E-state index in [1.54, 1.807) is 0 Å². The summed E-state index contributed by atoms with van der Waals surface area (Å²) in [7, 11) is 0. The predicted octanol–water partition coefficient (Wildman–Crippen LogP) is 1.75. The summed E-state index contributed by atoms with van der Waals surface area (Å²) in [5.41, 5.74) is 2.49. The van der Waals surface area contributed by atoms with Gasteiger partial charge in [-0.15, -0.1) is 0 Å². The molecule has 0 aromatic heterocycles. The first-order valence-corrected chi connectivity index (χ1v) is 7.47. The normalized spacial score (nSPS) is 10.8. The van der Waals surface area contributed by atoms with E-state index in [1.807, 2.05) is 13.0 Å². The van der Waals surface area contributed by atoms with Crippen molar-refractivity contribution in [2.45, 2.75) is 33.9 Å². The molecule has 0 bridgehead atoms. The Bertz CT molecular complexity index is 402. The third kappa shape index (κ3) is 5.72. The predicted molar refractivity (Wildman–Crippen MR) is 83.5 cm³/mol. The molecule has 1 rings (SSSR count). The average Bonchev–Trinajstić information content (AvgIpc) is 2.49. The Morgan fingerprint density at radius 1 is 1.10 bits per heavy atom. The summed E-state index contributed by atoms with van der Waals surface area (Å²) in [6.07, 6.45) is 0. The summed E-state index contributed by atoms with van der Waals surface area (Å²) in [6.45, 7) is 11.1. The van der Waals surface area contributed by atoms with Crippen LogP contribution in [0.2, 0.25) is 0 Å². The van der Waals surface area contributed by atoms with Crippen molar-refractivity contribution in [1.29, 1.82) is 0 Å². The van der Waals surface area contributed by atoms with Crippen LogP contribution < -0.4 is 10.6 Å². The zero-order chi connectivity index (χ0) is 14.8. The molecule has 4 nitrogen and oxygen atoms in total. The van der Waals surface area contributed by atoms with Crippen molar-refractivity contribution in [3.8, 4) is 0 Å². The van der Waals surface area contributed by atoms with Crippen LogP contribution >= 0.6 is 0 Å². The number of nitrogens with one attached hydrogen (secondary N) is 2. The number of hydrogen-bond donors (Lipinski definition) is 2. The standard InChI is InChI=1S/C16H27N3O/c1-4-17-12-16(20)18-11-14-9-7-8-10-15(14)13-19(5-2)6-3/h7-10,17H,4-6,11-13H2,1-3H3,(H,18,20). The van der Waals surface area contributed by atoms with E-state index in [2.05, 4.69) is 47.6 Å². The van der Waals surface area contributed by atoms with E-state index in [1.165, 1.54) is 11.1 Å². The van der Waals surface area contributed by atoms with Crippen molar-refractivity contribution in [3.63, 3.8) is 0 Å². The molecule has 0 aliphatic heterocycles. The van der Waals surface area contributed by atoms with Crippen LogP contribution in [-0.2, 0) is 17.9 Å². The molecule has 112 valence electrons. The Morgan fingerprint density at radius 2 is 1.75 bits per heavy atom. The van der Waals surface area contributed by atoms with Gasteiger partial charge >= 0.3 is 0 Å². The molecule has 0 aliphatic rings. The average molecular weight is 277 g/mol. The smallest absolute Gasteiger partial charge is 0.234 e. The van der Waals surface area contributed by atoms with E-state index in [0.717, 1.165) is 26.2 Å². The number of nitrogens with zero attached hydrogens (tertiary/aromatic N) is 1. The summed E-state index contributed by atoms with van der Waals surface area (Å²) in [5, 5.41) is 5.99. The lowest BCUT2D eigenvalue weighted by atomic mass is 10.1. The second-order valence-corrected chi connectivity index (χ2v) is 4.79. The Hall–Kier alpha value is -1.39. The number of carbonyl (C=O) groups is 1. The first kappa shape index (κ1) is 16.7. The highest BCUT2D eigenvalue weighted by molar-refractivity contribution is 5.77. The molecule has 1 aromatic rings. The summed E-state index contributed by atoms with van der Waals surface area (Å²) < 4.78 is 0. The molecule has 1 aromatic carbocycles. The zero-order valence-corrected chi connectivity index (χ0v) is 12.9. The van der Waals surface area contributed by atoms with Crippen LogP contribution in [0.3, 0.4) is 0 Å². The molecule has 0 saturated heterocycles. The zero-order valence-electron chi connectivity index (χ0n) is 12.9. The highest BCUT2D eigenvalue weighted by Crippen LogP contribution is 2.11. The van der Waals surface area contributed by atoms with Gasteiger partial charge in [-0.2, -0.15) is 0 Å². The van der Waals surface area contributed by atoms with Gasteiger partial charge in [0.1, 0.15) is 0 Å².